The number of benzene rings is 2. The number of likely N-dealkylation sites (tertiary alicyclic amines) is 1. The number of ether oxygens (including phenoxy) is 1. The number of pyridine rings is 1. The molecule has 2 aromatic heterocycles. The number of carbonyl (C=O) groups is 2. The van der Waals surface area contributed by atoms with Gasteiger partial charge in [0.15, 0.2) is 0 Å². The Hall–Kier alpha value is -4.39. The van der Waals surface area contributed by atoms with Crippen LogP contribution in [0.1, 0.15) is 42.3 Å². The maximum Gasteiger partial charge on any atom is 0.296 e. The van der Waals surface area contributed by atoms with E-state index in [1.54, 1.807) is 36.7 Å². The summed E-state index contributed by atoms with van der Waals surface area (Å²) in [7, 11) is 0. The van der Waals surface area contributed by atoms with Crippen LogP contribution in [0.25, 0.3) is 16.7 Å². The first-order chi connectivity index (χ1) is 17.3. The van der Waals surface area contributed by atoms with Gasteiger partial charge in [-0.1, -0.05) is 24.3 Å². The summed E-state index contributed by atoms with van der Waals surface area (Å²) < 4.78 is 5.82. The van der Waals surface area contributed by atoms with E-state index in [0.29, 0.717) is 17.0 Å². The molecule has 7 heteroatoms. The number of nitrogens with one attached hydrogen (secondary N) is 1. The number of rotatable bonds is 6. The maximum absolute atomic E-state index is 13.4. The molecule has 1 atom stereocenters. The monoisotopic (exact) mass is 481 g/mol. The molecule has 36 heavy (non-hydrogen) atoms. The van der Waals surface area contributed by atoms with Gasteiger partial charge >= 0.3 is 0 Å². The molecule has 0 bridgehead atoms. The van der Waals surface area contributed by atoms with Gasteiger partial charge in [-0.25, -0.2) is 0 Å². The highest BCUT2D eigenvalue weighted by molar-refractivity contribution is 6.46. The van der Waals surface area contributed by atoms with Gasteiger partial charge in [-0.2, -0.15) is 0 Å². The number of hydrogen-bond donors (Lipinski definition) is 2. The molecule has 0 saturated carbocycles. The van der Waals surface area contributed by atoms with Crippen molar-refractivity contribution in [2.45, 2.75) is 39.5 Å². The number of H-pyrrole nitrogens is 1. The molecule has 1 saturated heterocycles. The van der Waals surface area contributed by atoms with E-state index in [4.69, 9.17) is 4.74 Å². The highest BCUT2D eigenvalue weighted by Crippen LogP contribution is 2.42. The molecule has 0 radical (unpaired) electrons. The summed E-state index contributed by atoms with van der Waals surface area (Å²) in [5.74, 6) is -0.912. The van der Waals surface area contributed by atoms with Crippen LogP contribution in [0, 0.1) is 6.92 Å². The van der Waals surface area contributed by atoms with Crippen molar-refractivity contribution in [2.24, 2.45) is 0 Å². The first-order valence-corrected chi connectivity index (χ1v) is 11.9. The van der Waals surface area contributed by atoms with Crippen LogP contribution >= 0.6 is 0 Å². The molecule has 2 N–H and O–H groups in total. The van der Waals surface area contributed by atoms with E-state index in [0.717, 1.165) is 22.0 Å². The highest BCUT2D eigenvalue weighted by atomic mass is 16.5. The average Bonchev–Trinajstić information content (AvgIpc) is 3.39. The predicted octanol–water partition coefficient (Wildman–Crippen LogP) is 5.28. The number of fused-ring (bicyclic) bond motifs is 1. The van der Waals surface area contributed by atoms with Gasteiger partial charge in [0.1, 0.15) is 11.5 Å². The molecule has 4 aromatic rings. The number of para-hydroxylation sites is 1. The van der Waals surface area contributed by atoms with Crippen molar-refractivity contribution in [3.8, 4) is 5.75 Å². The van der Waals surface area contributed by atoms with Gasteiger partial charge in [0, 0.05) is 34.4 Å². The fraction of sp³-hybridized carbons (Fsp3) is 0.207. The average molecular weight is 482 g/mol. The molecule has 1 fully saturated rings. The first kappa shape index (κ1) is 23.4. The molecule has 5 rings (SSSR count). The molecule has 1 aliphatic heterocycles. The van der Waals surface area contributed by atoms with Gasteiger partial charge in [-0.3, -0.25) is 14.6 Å². The summed E-state index contributed by atoms with van der Waals surface area (Å²) in [4.78, 5) is 35.8. The zero-order chi connectivity index (χ0) is 25.4. The number of ketones is 1. The number of aromatic amines is 1. The Labute approximate surface area is 209 Å². The minimum atomic E-state index is -0.782. The van der Waals surface area contributed by atoms with Crippen molar-refractivity contribution < 1.29 is 19.4 Å². The Morgan fingerprint density at radius 1 is 1.11 bits per heavy atom. The lowest BCUT2D eigenvalue weighted by Gasteiger charge is -2.24. The Morgan fingerprint density at radius 3 is 2.61 bits per heavy atom. The van der Waals surface area contributed by atoms with Gasteiger partial charge < -0.3 is 19.7 Å². The zero-order valence-electron chi connectivity index (χ0n) is 20.4. The van der Waals surface area contributed by atoms with Gasteiger partial charge in [0.05, 0.1) is 30.0 Å². The van der Waals surface area contributed by atoms with Gasteiger partial charge in [0.2, 0.25) is 0 Å². The van der Waals surface area contributed by atoms with E-state index in [9.17, 15) is 14.7 Å². The van der Waals surface area contributed by atoms with Crippen LogP contribution in [0.5, 0.6) is 5.75 Å². The summed E-state index contributed by atoms with van der Waals surface area (Å²) in [6, 6.07) is 17.6. The lowest BCUT2D eigenvalue weighted by molar-refractivity contribution is -0.140. The third-order valence-corrected chi connectivity index (χ3v) is 6.33. The molecule has 7 nitrogen and oxygen atoms in total. The Balaban J connectivity index is 1.66. The van der Waals surface area contributed by atoms with E-state index < -0.39 is 17.7 Å². The van der Waals surface area contributed by atoms with E-state index >= 15 is 0 Å². The summed E-state index contributed by atoms with van der Waals surface area (Å²) in [6.07, 6.45) is 3.45. The molecule has 0 aliphatic carbocycles. The summed E-state index contributed by atoms with van der Waals surface area (Å²) in [5.41, 5.74) is 3.58. The predicted molar refractivity (Wildman–Crippen MR) is 137 cm³/mol. The number of carbonyl (C=O) groups excluding carboxylic acids is 2. The van der Waals surface area contributed by atoms with Crippen LogP contribution < -0.4 is 4.74 Å². The normalized spacial score (nSPS) is 17.3. The van der Waals surface area contributed by atoms with Gasteiger partial charge in [-0.15, -0.1) is 0 Å². The Morgan fingerprint density at radius 2 is 1.89 bits per heavy atom. The van der Waals surface area contributed by atoms with Crippen LogP contribution in [-0.4, -0.2) is 37.8 Å². The number of amides is 1. The third-order valence-electron chi connectivity index (χ3n) is 6.33. The summed E-state index contributed by atoms with van der Waals surface area (Å²) in [6.45, 7) is 5.90. The van der Waals surface area contributed by atoms with Crippen LogP contribution in [0.3, 0.4) is 0 Å². The van der Waals surface area contributed by atoms with Crippen molar-refractivity contribution in [3.63, 3.8) is 0 Å². The largest absolute Gasteiger partial charge is 0.507 e. The second-order valence-corrected chi connectivity index (χ2v) is 9.18. The van der Waals surface area contributed by atoms with Gasteiger partial charge in [0.25, 0.3) is 11.7 Å². The smallest absolute Gasteiger partial charge is 0.296 e. The lowest BCUT2D eigenvalue weighted by atomic mass is 9.94. The lowest BCUT2D eigenvalue weighted by Crippen LogP contribution is -2.29. The first-order valence-electron chi connectivity index (χ1n) is 11.9. The molecule has 1 amide bonds. The number of aromatic nitrogens is 2. The quantitative estimate of drug-likeness (QED) is 0.222. The number of aliphatic hydroxyl groups is 1. The van der Waals surface area contributed by atoms with Crippen LogP contribution in [0.4, 0.5) is 0 Å². The standard InChI is InChI=1S/C29H27N3O4/c1-17(2)36-24-12-11-19(14-18(24)3)27(33)25-26(22-15-31-23-10-5-4-9-21(22)23)32(29(35)28(25)34)16-20-8-6-7-13-30-20/h4-15,17,26,31,33H,16H2,1-3H3/b27-25+. The van der Waals surface area contributed by atoms with Crippen LogP contribution in [0.2, 0.25) is 0 Å². The van der Waals surface area contributed by atoms with Crippen molar-refractivity contribution >= 4 is 28.4 Å². The van der Waals surface area contributed by atoms with Gasteiger partial charge in [-0.05, 0) is 62.7 Å². The fourth-order valence-corrected chi connectivity index (χ4v) is 4.69. The number of nitrogens with zero attached hydrogens (tertiary/aromatic N) is 2. The van der Waals surface area contributed by atoms with E-state index in [-0.39, 0.29) is 24.0 Å². The minimum absolute atomic E-state index is 0.00180. The topological polar surface area (TPSA) is 95.5 Å². The highest BCUT2D eigenvalue weighted by Gasteiger charge is 2.47. The molecule has 3 heterocycles. The Kier molecular flexibility index (Phi) is 6.06. The zero-order valence-corrected chi connectivity index (χ0v) is 20.4. The molecular formula is C29H27N3O4. The van der Waals surface area contributed by atoms with Crippen molar-refractivity contribution in [1.29, 1.82) is 0 Å². The second kappa shape index (κ2) is 9.34. The molecular weight excluding hydrogens is 454 g/mol. The third kappa shape index (κ3) is 4.13. The molecule has 2 aromatic carbocycles. The number of Topliss-reactive ketones (excluding diaryl/α,β-unsaturated/α-hetero) is 1. The van der Waals surface area contributed by atoms with Crippen molar-refractivity contribution in [3.05, 3.63) is 101 Å². The summed E-state index contributed by atoms with van der Waals surface area (Å²) >= 11 is 0. The molecule has 182 valence electrons. The maximum atomic E-state index is 13.4. The molecule has 1 unspecified atom stereocenters. The second-order valence-electron chi connectivity index (χ2n) is 9.18. The SMILES string of the molecule is Cc1cc(/C(O)=C2\C(=O)C(=O)N(Cc3ccccn3)C2c2c[nH]c3ccccc23)ccc1OC(C)C. The number of hydrogen-bond acceptors (Lipinski definition) is 5. The summed E-state index contributed by atoms with van der Waals surface area (Å²) in [5, 5.41) is 12.3. The fourth-order valence-electron chi connectivity index (χ4n) is 4.69. The Bertz CT molecular complexity index is 1490. The molecule has 0 spiro atoms. The van der Waals surface area contributed by atoms with Crippen LogP contribution in [0.15, 0.2) is 78.6 Å². The minimum Gasteiger partial charge on any atom is -0.507 e. The van der Waals surface area contributed by atoms with E-state index in [2.05, 4.69) is 9.97 Å². The number of aliphatic hydroxyl groups excluding tert-OH is 1. The van der Waals surface area contributed by atoms with Crippen molar-refractivity contribution in [1.82, 2.24) is 14.9 Å². The number of aryl methyl sites for hydroxylation is 1. The van der Waals surface area contributed by atoms with E-state index in [1.165, 1.54) is 4.90 Å². The molecule has 1 aliphatic rings. The van der Waals surface area contributed by atoms with Crippen LogP contribution in [-0.2, 0) is 16.1 Å². The van der Waals surface area contributed by atoms with Crippen molar-refractivity contribution in [2.75, 3.05) is 0 Å². The van der Waals surface area contributed by atoms with E-state index in [1.807, 2.05) is 57.2 Å².